The van der Waals surface area contributed by atoms with E-state index in [2.05, 4.69) is 36.7 Å². The van der Waals surface area contributed by atoms with Crippen molar-refractivity contribution in [3.8, 4) is 17.2 Å². The topological polar surface area (TPSA) is 27.7 Å². The number of hydrogen-bond acceptors (Lipinski definition) is 3. The number of methoxy groups -OCH3 is 2. The van der Waals surface area contributed by atoms with Gasteiger partial charge < -0.3 is 14.2 Å². The van der Waals surface area contributed by atoms with Gasteiger partial charge in [0.25, 0.3) is 0 Å². The van der Waals surface area contributed by atoms with Crippen LogP contribution in [0.3, 0.4) is 0 Å². The maximum absolute atomic E-state index is 5.95. The lowest BCUT2D eigenvalue weighted by atomic mass is 9.83. The maximum atomic E-state index is 5.95. The van der Waals surface area contributed by atoms with Crippen LogP contribution in [0.5, 0.6) is 17.2 Å². The first kappa shape index (κ1) is 16.2. The predicted molar refractivity (Wildman–Crippen MR) is 81.8 cm³/mol. The molecule has 0 aromatic heterocycles. The van der Waals surface area contributed by atoms with E-state index < -0.39 is 0 Å². The van der Waals surface area contributed by atoms with Crippen molar-refractivity contribution in [3.05, 3.63) is 18.2 Å². The van der Waals surface area contributed by atoms with Gasteiger partial charge in [-0.05, 0) is 17.5 Å². The van der Waals surface area contributed by atoms with Crippen LogP contribution in [0.25, 0.3) is 0 Å². The second-order valence-electron chi connectivity index (χ2n) is 5.52. The molecule has 1 atom stereocenters. The molecule has 19 heavy (non-hydrogen) atoms. The van der Waals surface area contributed by atoms with Crippen molar-refractivity contribution in [2.24, 2.45) is 11.3 Å². The Morgan fingerprint density at radius 2 is 1.63 bits per heavy atom. The summed E-state index contributed by atoms with van der Waals surface area (Å²) in [5.74, 6) is 2.47. The van der Waals surface area contributed by atoms with Gasteiger partial charge in [0.1, 0.15) is 0 Å². The lowest BCUT2D eigenvalue weighted by Gasteiger charge is -2.29. The van der Waals surface area contributed by atoms with Crippen molar-refractivity contribution in [1.82, 2.24) is 0 Å². The Hall–Kier alpha value is -0.900. The van der Waals surface area contributed by atoms with Crippen molar-refractivity contribution in [1.29, 1.82) is 0 Å². The highest BCUT2D eigenvalue weighted by molar-refractivity contribution is 9.09. The Balaban J connectivity index is 2.87. The standard InChI is InChI=1S/C15H23BrO3/c1-15(2,3)11(9-16)10-19-14-12(17-4)7-6-8-13(14)18-5/h6-8,11H,9-10H2,1-5H3. The molecular formula is C15H23BrO3. The van der Waals surface area contributed by atoms with E-state index in [4.69, 9.17) is 14.2 Å². The number of hydrogen-bond donors (Lipinski definition) is 0. The average molecular weight is 331 g/mol. The molecule has 0 aliphatic rings. The van der Waals surface area contributed by atoms with Crippen LogP contribution >= 0.6 is 15.9 Å². The molecule has 0 spiro atoms. The Kier molecular flexibility index (Phi) is 5.98. The summed E-state index contributed by atoms with van der Waals surface area (Å²) in [5, 5.41) is 0.897. The molecule has 0 N–H and O–H groups in total. The summed E-state index contributed by atoms with van der Waals surface area (Å²) < 4.78 is 16.6. The number of ether oxygens (including phenoxy) is 3. The lowest BCUT2D eigenvalue weighted by Crippen LogP contribution is -2.28. The molecule has 0 amide bonds. The molecule has 1 unspecified atom stereocenters. The van der Waals surface area contributed by atoms with Gasteiger partial charge in [-0.3, -0.25) is 0 Å². The van der Waals surface area contributed by atoms with E-state index >= 15 is 0 Å². The van der Waals surface area contributed by atoms with Gasteiger partial charge in [0, 0.05) is 11.2 Å². The zero-order valence-corrected chi connectivity index (χ0v) is 13.9. The van der Waals surface area contributed by atoms with E-state index in [1.165, 1.54) is 0 Å². The second kappa shape index (κ2) is 7.04. The largest absolute Gasteiger partial charge is 0.493 e. The predicted octanol–water partition coefficient (Wildman–Crippen LogP) is 4.14. The number of alkyl halides is 1. The minimum atomic E-state index is 0.179. The zero-order chi connectivity index (χ0) is 14.5. The zero-order valence-electron chi connectivity index (χ0n) is 12.3. The van der Waals surface area contributed by atoms with Crippen LogP contribution in [-0.4, -0.2) is 26.2 Å². The fourth-order valence-corrected chi connectivity index (χ4v) is 2.83. The fourth-order valence-electron chi connectivity index (χ4n) is 1.67. The van der Waals surface area contributed by atoms with Crippen LogP contribution in [0.1, 0.15) is 20.8 Å². The smallest absolute Gasteiger partial charge is 0.203 e. The van der Waals surface area contributed by atoms with E-state index in [0.29, 0.717) is 29.8 Å². The van der Waals surface area contributed by atoms with Crippen molar-refractivity contribution >= 4 is 15.9 Å². The first-order valence-electron chi connectivity index (χ1n) is 6.33. The third-order valence-corrected chi connectivity index (χ3v) is 4.00. The summed E-state index contributed by atoms with van der Waals surface area (Å²) >= 11 is 3.55. The molecule has 0 aliphatic carbocycles. The van der Waals surface area contributed by atoms with E-state index in [0.717, 1.165) is 5.33 Å². The van der Waals surface area contributed by atoms with Crippen molar-refractivity contribution in [3.63, 3.8) is 0 Å². The van der Waals surface area contributed by atoms with E-state index in [1.807, 2.05) is 18.2 Å². The first-order valence-corrected chi connectivity index (χ1v) is 7.46. The summed E-state index contributed by atoms with van der Waals surface area (Å²) in [6.07, 6.45) is 0. The number of benzene rings is 1. The molecule has 3 nitrogen and oxygen atoms in total. The van der Waals surface area contributed by atoms with E-state index in [-0.39, 0.29) is 5.41 Å². The number of halogens is 1. The molecule has 0 bridgehead atoms. The molecule has 1 aromatic rings. The summed E-state index contributed by atoms with van der Waals surface area (Å²) in [7, 11) is 3.26. The quantitative estimate of drug-likeness (QED) is 0.733. The molecule has 0 radical (unpaired) electrons. The van der Waals surface area contributed by atoms with Crippen LogP contribution < -0.4 is 14.2 Å². The maximum Gasteiger partial charge on any atom is 0.203 e. The minimum Gasteiger partial charge on any atom is -0.493 e. The molecule has 0 aliphatic heterocycles. The van der Waals surface area contributed by atoms with Gasteiger partial charge in [0.2, 0.25) is 5.75 Å². The molecule has 0 saturated carbocycles. The van der Waals surface area contributed by atoms with Gasteiger partial charge in [-0.1, -0.05) is 42.8 Å². The van der Waals surface area contributed by atoms with Gasteiger partial charge in [-0.25, -0.2) is 0 Å². The third-order valence-electron chi connectivity index (χ3n) is 3.22. The van der Waals surface area contributed by atoms with E-state index in [1.54, 1.807) is 14.2 Å². The summed E-state index contributed by atoms with van der Waals surface area (Å²) in [6.45, 7) is 7.25. The number of rotatable bonds is 6. The third kappa shape index (κ3) is 4.30. The Morgan fingerprint density at radius 1 is 1.11 bits per heavy atom. The van der Waals surface area contributed by atoms with Gasteiger partial charge in [0.15, 0.2) is 11.5 Å². The summed E-state index contributed by atoms with van der Waals surface area (Å²) in [5.41, 5.74) is 0.179. The normalized spacial score (nSPS) is 12.9. The second-order valence-corrected chi connectivity index (χ2v) is 6.17. The number of para-hydroxylation sites is 1. The van der Waals surface area contributed by atoms with Gasteiger partial charge in [-0.15, -0.1) is 0 Å². The van der Waals surface area contributed by atoms with Crippen LogP contribution in [0.4, 0.5) is 0 Å². The van der Waals surface area contributed by atoms with Crippen LogP contribution in [0.15, 0.2) is 18.2 Å². The molecule has 0 heterocycles. The highest BCUT2D eigenvalue weighted by atomic mass is 79.9. The average Bonchev–Trinajstić information content (AvgIpc) is 2.37. The Labute approximate surface area is 124 Å². The van der Waals surface area contributed by atoms with Crippen LogP contribution in [-0.2, 0) is 0 Å². The van der Waals surface area contributed by atoms with Crippen molar-refractivity contribution in [2.45, 2.75) is 20.8 Å². The van der Waals surface area contributed by atoms with Crippen molar-refractivity contribution < 1.29 is 14.2 Å². The summed E-state index contributed by atoms with van der Waals surface area (Å²) in [6, 6.07) is 5.63. The molecule has 0 fully saturated rings. The first-order chi connectivity index (χ1) is 8.93. The van der Waals surface area contributed by atoms with Crippen LogP contribution in [0.2, 0.25) is 0 Å². The molecular weight excluding hydrogens is 308 g/mol. The highest BCUT2D eigenvalue weighted by Gasteiger charge is 2.25. The highest BCUT2D eigenvalue weighted by Crippen LogP contribution is 2.38. The summed E-state index contributed by atoms with van der Waals surface area (Å²) in [4.78, 5) is 0. The monoisotopic (exact) mass is 330 g/mol. The molecule has 108 valence electrons. The van der Waals surface area contributed by atoms with Gasteiger partial charge in [0.05, 0.1) is 20.8 Å². The lowest BCUT2D eigenvalue weighted by molar-refractivity contribution is 0.158. The van der Waals surface area contributed by atoms with Crippen LogP contribution in [0, 0.1) is 11.3 Å². The van der Waals surface area contributed by atoms with Crippen molar-refractivity contribution in [2.75, 3.05) is 26.2 Å². The molecule has 0 saturated heterocycles. The van der Waals surface area contributed by atoms with Gasteiger partial charge in [-0.2, -0.15) is 0 Å². The molecule has 1 rings (SSSR count). The minimum absolute atomic E-state index is 0.179. The molecule has 4 heteroatoms. The van der Waals surface area contributed by atoms with E-state index in [9.17, 15) is 0 Å². The Bertz CT molecular complexity index is 377. The fraction of sp³-hybridized carbons (Fsp3) is 0.600. The van der Waals surface area contributed by atoms with Gasteiger partial charge >= 0.3 is 0 Å². The SMILES string of the molecule is COc1cccc(OC)c1OCC(CBr)C(C)(C)C. The molecule has 1 aromatic carbocycles. The Morgan fingerprint density at radius 3 is 2.00 bits per heavy atom.